The van der Waals surface area contributed by atoms with E-state index >= 15 is 0 Å². The van der Waals surface area contributed by atoms with Gasteiger partial charge in [-0.05, 0) is 12.1 Å². The van der Waals surface area contributed by atoms with E-state index in [1.807, 2.05) is 0 Å². The third-order valence-electron chi connectivity index (χ3n) is 2.42. The predicted octanol–water partition coefficient (Wildman–Crippen LogP) is 2.34. The summed E-state index contributed by atoms with van der Waals surface area (Å²) in [5.74, 6) is -2.41. The molecular formula is C11H9F2NO3. The van der Waals surface area contributed by atoms with Crippen LogP contribution in [0.1, 0.15) is 10.4 Å². The molecule has 0 atom stereocenters. The average Bonchev–Trinajstić information content (AvgIpc) is 2.81. The molecule has 0 aliphatic heterocycles. The Bertz CT molecular complexity index is 579. The van der Waals surface area contributed by atoms with Gasteiger partial charge in [-0.2, -0.15) is 0 Å². The fraction of sp³-hybridized carbons (Fsp3) is 0.182. The van der Waals surface area contributed by atoms with Crippen LogP contribution >= 0.6 is 0 Å². The fourth-order valence-electron chi connectivity index (χ4n) is 1.47. The first-order valence-corrected chi connectivity index (χ1v) is 4.73. The van der Waals surface area contributed by atoms with Crippen molar-refractivity contribution in [3.8, 4) is 0 Å². The molecule has 0 fully saturated rings. The second-order valence-corrected chi connectivity index (χ2v) is 3.37. The molecule has 2 rings (SSSR count). The van der Waals surface area contributed by atoms with Crippen LogP contribution in [0.15, 0.2) is 22.8 Å². The third-order valence-corrected chi connectivity index (χ3v) is 2.42. The number of halogens is 2. The number of rotatable bonds is 2. The first kappa shape index (κ1) is 11.5. The molecular weight excluding hydrogens is 232 g/mol. The molecule has 1 aromatic carbocycles. The molecule has 0 saturated heterocycles. The van der Waals surface area contributed by atoms with Crippen molar-refractivity contribution in [3.63, 3.8) is 0 Å². The largest absolute Gasteiger partial charge is 0.461 e. The van der Waals surface area contributed by atoms with Gasteiger partial charge in [0, 0.05) is 7.05 Å². The molecule has 0 N–H and O–H groups in total. The van der Waals surface area contributed by atoms with Gasteiger partial charge in [0.2, 0.25) is 0 Å². The standard InChI is InChI=1S/C11H9F2NO3/c1-14(16-2)11(15)7-5-8(12)6-3-4-17-10(6)9(7)13/h3-5H,1-2H3. The second kappa shape index (κ2) is 4.14. The second-order valence-electron chi connectivity index (χ2n) is 3.37. The number of carbonyl (C=O) groups excluding carboxylic acids is 1. The number of furan rings is 1. The van der Waals surface area contributed by atoms with Crippen LogP contribution in [0.2, 0.25) is 0 Å². The van der Waals surface area contributed by atoms with E-state index in [4.69, 9.17) is 4.42 Å². The molecule has 0 bridgehead atoms. The quantitative estimate of drug-likeness (QED) is 0.758. The van der Waals surface area contributed by atoms with Gasteiger partial charge in [-0.15, -0.1) is 0 Å². The summed E-state index contributed by atoms with van der Waals surface area (Å²) in [6.07, 6.45) is 1.16. The highest BCUT2D eigenvalue weighted by molar-refractivity contribution is 5.97. The summed E-state index contributed by atoms with van der Waals surface area (Å²) in [6, 6.07) is 2.12. The first-order chi connectivity index (χ1) is 8.06. The molecule has 90 valence electrons. The number of benzene rings is 1. The maximum Gasteiger partial charge on any atom is 0.280 e. The van der Waals surface area contributed by atoms with Crippen molar-refractivity contribution in [1.29, 1.82) is 0 Å². The Kier molecular flexibility index (Phi) is 2.81. The van der Waals surface area contributed by atoms with Crippen molar-refractivity contribution in [2.75, 3.05) is 14.2 Å². The lowest BCUT2D eigenvalue weighted by molar-refractivity contribution is -0.0759. The lowest BCUT2D eigenvalue weighted by atomic mass is 10.1. The molecule has 0 unspecified atom stereocenters. The first-order valence-electron chi connectivity index (χ1n) is 4.73. The summed E-state index contributed by atoms with van der Waals surface area (Å²) < 4.78 is 32.2. The minimum absolute atomic E-state index is 0.000815. The van der Waals surface area contributed by atoms with E-state index in [2.05, 4.69) is 4.84 Å². The summed E-state index contributed by atoms with van der Waals surface area (Å²) in [5.41, 5.74) is -0.716. The zero-order valence-electron chi connectivity index (χ0n) is 9.16. The summed E-state index contributed by atoms with van der Waals surface area (Å²) in [6.45, 7) is 0. The van der Waals surface area contributed by atoms with Crippen molar-refractivity contribution in [2.45, 2.75) is 0 Å². The summed E-state index contributed by atoms with van der Waals surface area (Å²) in [7, 11) is 2.55. The van der Waals surface area contributed by atoms with Gasteiger partial charge in [0.05, 0.1) is 24.3 Å². The summed E-state index contributed by atoms with van der Waals surface area (Å²) in [5, 5.41) is 0.797. The number of amides is 1. The Labute approximate surface area is 95.3 Å². The molecule has 4 nitrogen and oxygen atoms in total. The van der Waals surface area contributed by atoms with Crippen molar-refractivity contribution in [2.24, 2.45) is 0 Å². The number of nitrogens with zero attached hydrogens (tertiary/aromatic N) is 1. The smallest absolute Gasteiger partial charge is 0.280 e. The van der Waals surface area contributed by atoms with Crippen LogP contribution in [0.5, 0.6) is 0 Å². The van der Waals surface area contributed by atoms with Crippen LogP contribution in [-0.2, 0) is 4.84 Å². The van der Waals surface area contributed by atoms with Gasteiger partial charge in [0.25, 0.3) is 5.91 Å². The van der Waals surface area contributed by atoms with Gasteiger partial charge >= 0.3 is 0 Å². The van der Waals surface area contributed by atoms with Crippen LogP contribution in [0.3, 0.4) is 0 Å². The number of hydrogen-bond donors (Lipinski definition) is 0. The van der Waals surface area contributed by atoms with Gasteiger partial charge in [-0.1, -0.05) is 0 Å². The number of hydroxylamine groups is 2. The van der Waals surface area contributed by atoms with Crippen LogP contribution < -0.4 is 0 Å². The van der Waals surface area contributed by atoms with Crippen molar-refractivity contribution >= 4 is 16.9 Å². The minimum Gasteiger partial charge on any atom is -0.461 e. The van der Waals surface area contributed by atoms with Crippen molar-refractivity contribution < 1.29 is 22.8 Å². The summed E-state index contributed by atoms with van der Waals surface area (Å²) in [4.78, 5) is 16.3. The fourth-order valence-corrected chi connectivity index (χ4v) is 1.47. The molecule has 1 amide bonds. The summed E-state index contributed by atoms with van der Waals surface area (Å²) >= 11 is 0. The zero-order valence-corrected chi connectivity index (χ0v) is 9.16. The SMILES string of the molecule is CON(C)C(=O)c1cc(F)c2ccoc2c1F. The molecule has 1 heterocycles. The molecule has 0 saturated carbocycles. The normalized spacial score (nSPS) is 10.8. The van der Waals surface area contributed by atoms with Gasteiger partial charge in [0.15, 0.2) is 11.4 Å². The van der Waals surface area contributed by atoms with Gasteiger partial charge in [-0.25, -0.2) is 13.8 Å². The lowest BCUT2D eigenvalue weighted by Crippen LogP contribution is -2.26. The van der Waals surface area contributed by atoms with E-state index in [-0.39, 0.29) is 11.0 Å². The molecule has 2 aromatic rings. The van der Waals surface area contributed by atoms with Crippen LogP contribution in [-0.4, -0.2) is 25.1 Å². The van der Waals surface area contributed by atoms with E-state index in [1.165, 1.54) is 20.2 Å². The Balaban J connectivity index is 2.62. The molecule has 6 heteroatoms. The molecule has 0 radical (unpaired) electrons. The third kappa shape index (κ3) is 1.76. The molecule has 1 aromatic heterocycles. The Hall–Kier alpha value is -1.95. The number of fused-ring (bicyclic) bond motifs is 1. The van der Waals surface area contributed by atoms with Gasteiger partial charge in [0.1, 0.15) is 5.82 Å². The van der Waals surface area contributed by atoms with Crippen molar-refractivity contribution in [1.82, 2.24) is 5.06 Å². The monoisotopic (exact) mass is 241 g/mol. The highest BCUT2D eigenvalue weighted by atomic mass is 19.1. The van der Waals surface area contributed by atoms with E-state index in [1.54, 1.807) is 0 Å². The molecule has 0 aliphatic rings. The van der Waals surface area contributed by atoms with Crippen molar-refractivity contribution in [3.05, 3.63) is 35.6 Å². The Morgan fingerprint density at radius 2 is 2.18 bits per heavy atom. The van der Waals surface area contributed by atoms with Gasteiger partial charge < -0.3 is 4.42 Å². The van der Waals surface area contributed by atoms with E-state index in [9.17, 15) is 13.6 Å². The molecule has 17 heavy (non-hydrogen) atoms. The Morgan fingerprint density at radius 1 is 1.47 bits per heavy atom. The predicted molar refractivity (Wildman–Crippen MR) is 55.2 cm³/mol. The zero-order chi connectivity index (χ0) is 12.6. The molecule has 0 spiro atoms. The number of carbonyl (C=O) groups is 1. The Morgan fingerprint density at radius 3 is 2.82 bits per heavy atom. The van der Waals surface area contributed by atoms with Crippen LogP contribution in [0.25, 0.3) is 11.0 Å². The number of hydrogen-bond acceptors (Lipinski definition) is 3. The highest BCUT2D eigenvalue weighted by Gasteiger charge is 2.22. The van der Waals surface area contributed by atoms with E-state index in [0.29, 0.717) is 0 Å². The van der Waals surface area contributed by atoms with E-state index < -0.39 is 23.1 Å². The topological polar surface area (TPSA) is 42.7 Å². The average molecular weight is 241 g/mol. The lowest BCUT2D eigenvalue weighted by Gasteiger charge is -2.14. The highest BCUT2D eigenvalue weighted by Crippen LogP contribution is 2.25. The van der Waals surface area contributed by atoms with Crippen LogP contribution in [0, 0.1) is 11.6 Å². The maximum absolute atomic E-state index is 13.9. The van der Waals surface area contributed by atoms with E-state index in [0.717, 1.165) is 17.4 Å². The van der Waals surface area contributed by atoms with Gasteiger partial charge in [-0.3, -0.25) is 9.63 Å². The van der Waals surface area contributed by atoms with Crippen LogP contribution in [0.4, 0.5) is 8.78 Å². The maximum atomic E-state index is 13.9. The molecule has 0 aliphatic carbocycles. The minimum atomic E-state index is -0.903.